The van der Waals surface area contributed by atoms with Gasteiger partial charge in [0.25, 0.3) is 5.91 Å². The van der Waals surface area contributed by atoms with E-state index in [-0.39, 0.29) is 10.8 Å². The van der Waals surface area contributed by atoms with Gasteiger partial charge in [0, 0.05) is 37.6 Å². The summed E-state index contributed by atoms with van der Waals surface area (Å²) in [6.45, 7) is 3.77. The number of sulfonamides is 1. The van der Waals surface area contributed by atoms with Crippen LogP contribution in [-0.2, 0) is 16.6 Å². The number of likely N-dealkylation sites (tertiary alicyclic amines) is 1. The van der Waals surface area contributed by atoms with E-state index >= 15 is 0 Å². The summed E-state index contributed by atoms with van der Waals surface area (Å²) >= 11 is 1.79. The van der Waals surface area contributed by atoms with E-state index in [1.54, 1.807) is 23.5 Å². The molecule has 0 saturated carbocycles. The Kier molecular flexibility index (Phi) is 6.87. The first-order chi connectivity index (χ1) is 13.4. The minimum atomic E-state index is -3.48. The molecule has 0 aliphatic carbocycles. The lowest BCUT2D eigenvalue weighted by Crippen LogP contribution is -2.38. The van der Waals surface area contributed by atoms with E-state index in [0.29, 0.717) is 18.0 Å². The fourth-order valence-corrected chi connectivity index (χ4v) is 4.95. The van der Waals surface area contributed by atoms with Gasteiger partial charge in [-0.25, -0.2) is 12.7 Å². The molecule has 3 rings (SSSR count). The van der Waals surface area contributed by atoms with E-state index in [1.165, 1.54) is 31.1 Å². The molecule has 2 heterocycles. The number of benzene rings is 1. The number of piperidine rings is 1. The Hall–Kier alpha value is -1.74. The molecule has 1 saturated heterocycles. The summed E-state index contributed by atoms with van der Waals surface area (Å²) in [5.74, 6) is 0.326. The summed E-state index contributed by atoms with van der Waals surface area (Å²) in [7, 11) is -0.500. The molecule has 28 heavy (non-hydrogen) atoms. The highest BCUT2D eigenvalue weighted by Crippen LogP contribution is 2.20. The van der Waals surface area contributed by atoms with E-state index < -0.39 is 10.0 Å². The molecule has 8 heteroatoms. The SMILES string of the molecule is CN(C)S(=O)(=O)c1ccc(C(=O)NCC2CCN(Cc3cccs3)CC2)cc1. The molecule has 1 amide bonds. The number of rotatable bonds is 7. The maximum Gasteiger partial charge on any atom is 0.251 e. The number of amides is 1. The monoisotopic (exact) mass is 421 g/mol. The van der Waals surface area contributed by atoms with Gasteiger partial charge in [-0.2, -0.15) is 0 Å². The second kappa shape index (κ2) is 9.17. The second-order valence-corrected chi connectivity index (χ2v) is 10.5. The molecule has 2 aromatic rings. The first kappa shape index (κ1) is 21.0. The third-order valence-corrected chi connectivity index (χ3v) is 7.80. The van der Waals surface area contributed by atoms with Crippen molar-refractivity contribution in [3.8, 4) is 0 Å². The van der Waals surface area contributed by atoms with Gasteiger partial charge in [-0.3, -0.25) is 9.69 Å². The van der Waals surface area contributed by atoms with Crippen LogP contribution in [0.15, 0.2) is 46.7 Å². The van der Waals surface area contributed by atoms with Crippen molar-refractivity contribution in [3.05, 3.63) is 52.2 Å². The van der Waals surface area contributed by atoms with Crippen LogP contribution in [0.1, 0.15) is 28.1 Å². The lowest BCUT2D eigenvalue weighted by atomic mass is 9.96. The zero-order valence-corrected chi connectivity index (χ0v) is 17.9. The number of carbonyl (C=O) groups is 1. The summed E-state index contributed by atoms with van der Waals surface area (Å²) in [6, 6.07) is 10.3. The van der Waals surface area contributed by atoms with E-state index in [9.17, 15) is 13.2 Å². The van der Waals surface area contributed by atoms with Gasteiger partial charge < -0.3 is 5.32 Å². The van der Waals surface area contributed by atoms with E-state index in [4.69, 9.17) is 0 Å². The lowest BCUT2D eigenvalue weighted by molar-refractivity contribution is 0.0935. The predicted octanol–water partition coefficient (Wildman–Crippen LogP) is 2.64. The molecule has 1 aliphatic heterocycles. The zero-order valence-electron chi connectivity index (χ0n) is 16.3. The van der Waals surface area contributed by atoms with Crippen LogP contribution in [0.2, 0.25) is 0 Å². The van der Waals surface area contributed by atoms with Gasteiger partial charge in [0.1, 0.15) is 0 Å². The highest BCUT2D eigenvalue weighted by molar-refractivity contribution is 7.89. The molecule has 0 unspecified atom stereocenters. The van der Waals surface area contributed by atoms with Crippen LogP contribution in [-0.4, -0.2) is 57.3 Å². The Balaban J connectivity index is 1.46. The Morgan fingerprint density at radius 2 is 1.86 bits per heavy atom. The van der Waals surface area contributed by atoms with Gasteiger partial charge >= 0.3 is 0 Å². The Bertz CT molecular complexity index is 870. The molecule has 0 bridgehead atoms. The number of nitrogens with zero attached hydrogens (tertiary/aromatic N) is 2. The smallest absolute Gasteiger partial charge is 0.251 e. The third-order valence-electron chi connectivity index (χ3n) is 5.11. The van der Waals surface area contributed by atoms with E-state index in [1.807, 2.05) is 0 Å². The number of thiophene rings is 1. The van der Waals surface area contributed by atoms with Crippen LogP contribution in [0, 0.1) is 5.92 Å². The van der Waals surface area contributed by atoms with Crippen LogP contribution in [0.3, 0.4) is 0 Å². The number of hydrogen-bond acceptors (Lipinski definition) is 5. The third kappa shape index (κ3) is 5.20. The summed E-state index contributed by atoms with van der Waals surface area (Å²) in [4.78, 5) is 16.4. The lowest BCUT2D eigenvalue weighted by Gasteiger charge is -2.31. The van der Waals surface area contributed by atoms with Crippen molar-refractivity contribution in [3.63, 3.8) is 0 Å². The van der Waals surface area contributed by atoms with Crippen LogP contribution in [0.25, 0.3) is 0 Å². The first-order valence-corrected chi connectivity index (χ1v) is 11.7. The summed E-state index contributed by atoms with van der Waals surface area (Å²) < 4.78 is 25.3. The standard InChI is InChI=1S/C20H27N3O3S2/c1-22(2)28(25,26)19-7-5-17(6-8-19)20(24)21-14-16-9-11-23(12-10-16)15-18-4-3-13-27-18/h3-8,13,16H,9-12,14-15H2,1-2H3,(H,21,24). The molecule has 0 atom stereocenters. The summed E-state index contributed by atoms with van der Waals surface area (Å²) in [5.41, 5.74) is 0.479. The van der Waals surface area contributed by atoms with E-state index in [2.05, 4.69) is 27.7 Å². The first-order valence-electron chi connectivity index (χ1n) is 9.42. The number of hydrogen-bond donors (Lipinski definition) is 1. The number of carbonyl (C=O) groups excluding carboxylic acids is 1. The van der Waals surface area contributed by atoms with Gasteiger partial charge in [0.05, 0.1) is 4.90 Å². The van der Waals surface area contributed by atoms with Gasteiger partial charge in [-0.05, 0) is 67.6 Å². The van der Waals surface area contributed by atoms with Crippen LogP contribution < -0.4 is 5.32 Å². The van der Waals surface area contributed by atoms with Crippen LogP contribution in [0.5, 0.6) is 0 Å². The quantitative estimate of drug-likeness (QED) is 0.746. The minimum Gasteiger partial charge on any atom is -0.352 e. The van der Waals surface area contributed by atoms with Crippen molar-refractivity contribution in [1.29, 1.82) is 0 Å². The Morgan fingerprint density at radius 3 is 2.43 bits per heavy atom. The molecule has 0 radical (unpaired) electrons. The fourth-order valence-electron chi connectivity index (χ4n) is 3.30. The highest BCUT2D eigenvalue weighted by atomic mass is 32.2. The van der Waals surface area contributed by atoms with E-state index in [0.717, 1.165) is 36.8 Å². The molecule has 1 aromatic heterocycles. The van der Waals surface area contributed by atoms with Gasteiger partial charge in [-0.15, -0.1) is 11.3 Å². The molecule has 1 aromatic carbocycles. The van der Waals surface area contributed by atoms with Crippen molar-refractivity contribution in [1.82, 2.24) is 14.5 Å². The minimum absolute atomic E-state index is 0.158. The van der Waals surface area contributed by atoms with Crippen LogP contribution in [0.4, 0.5) is 0 Å². The van der Waals surface area contributed by atoms with Crippen molar-refractivity contribution < 1.29 is 13.2 Å². The average molecular weight is 422 g/mol. The molecular weight excluding hydrogens is 394 g/mol. The highest BCUT2D eigenvalue weighted by Gasteiger charge is 2.21. The van der Waals surface area contributed by atoms with Crippen molar-refractivity contribution in [2.24, 2.45) is 5.92 Å². The second-order valence-electron chi connectivity index (χ2n) is 7.32. The summed E-state index contributed by atoms with van der Waals surface area (Å²) in [5, 5.41) is 5.11. The molecule has 0 spiro atoms. The molecular formula is C20H27N3O3S2. The maximum atomic E-state index is 12.4. The fraction of sp³-hybridized carbons (Fsp3) is 0.450. The Labute approximate surface area is 171 Å². The van der Waals surface area contributed by atoms with Gasteiger partial charge in [-0.1, -0.05) is 6.07 Å². The van der Waals surface area contributed by atoms with Crippen LogP contribution >= 0.6 is 11.3 Å². The maximum absolute atomic E-state index is 12.4. The van der Waals surface area contributed by atoms with Crippen molar-refractivity contribution in [2.75, 3.05) is 33.7 Å². The molecule has 6 nitrogen and oxygen atoms in total. The normalized spacial score (nSPS) is 16.4. The largest absolute Gasteiger partial charge is 0.352 e. The predicted molar refractivity (Wildman–Crippen MR) is 112 cm³/mol. The molecule has 1 fully saturated rings. The van der Waals surface area contributed by atoms with Crippen molar-refractivity contribution >= 4 is 27.3 Å². The topological polar surface area (TPSA) is 69.7 Å². The number of nitrogens with one attached hydrogen (secondary N) is 1. The van der Waals surface area contributed by atoms with Gasteiger partial charge in [0.2, 0.25) is 10.0 Å². The molecule has 1 aliphatic rings. The Morgan fingerprint density at radius 1 is 1.18 bits per heavy atom. The summed E-state index contributed by atoms with van der Waals surface area (Å²) in [6.07, 6.45) is 2.15. The molecule has 1 N–H and O–H groups in total. The van der Waals surface area contributed by atoms with Crippen molar-refractivity contribution in [2.45, 2.75) is 24.3 Å². The molecule has 152 valence electrons. The van der Waals surface area contributed by atoms with Gasteiger partial charge in [0.15, 0.2) is 0 Å². The average Bonchev–Trinajstić information content (AvgIpc) is 3.20. The zero-order chi connectivity index (χ0) is 20.1.